The predicted molar refractivity (Wildman–Crippen MR) is 76.1 cm³/mol. The lowest BCUT2D eigenvalue weighted by molar-refractivity contribution is 0.0748. The first-order valence-corrected chi connectivity index (χ1v) is 6.44. The highest BCUT2D eigenvalue weighted by atomic mass is 35.5. The predicted octanol–water partition coefficient (Wildman–Crippen LogP) is 2.25. The molecule has 0 saturated heterocycles. The van der Waals surface area contributed by atoms with Crippen molar-refractivity contribution in [2.45, 2.75) is 17.9 Å². The summed E-state index contributed by atoms with van der Waals surface area (Å²) in [5.74, 6) is 0.0191. The topological polar surface area (TPSA) is 46.3 Å². The Labute approximate surface area is 113 Å². The third kappa shape index (κ3) is 4.22. The van der Waals surface area contributed by atoms with E-state index in [9.17, 15) is 4.79 Å². The van der Waals surface area contributed by atoms with E-state index in [1.807, 2.05) is 37.4 Å². The molecule has 96 valence electrons. The van der Waals surface area contributed by atoms with Crippen LogP contribution in [0.15, 0.2) is 29.2 Å². The van der Waals surface area contributed by atoms with Gasteiger partial charge in [-0.3, -0.25) is 4.79 Å². The van der Waals surface area contributed by atoms with Crippen LogP contribution in [0.5, 0.6) is 0 Å². The Morgan fingerprint density at radius 3 is 2.35 bits per heavy atom. The summed E-state index contributed by atoms with van der Waals surface area (Å²) in [6, 6.07) is 7.69. The van der Waals surface area contributed by atoms with E-state index in [4.69, 9.17) is 5.73 Å². The van der Waals surface area contributed by atoms with E-state index in [0.29, 0.717) is 12.1 Å². The zero-order chi connectivity index (χ0) is 12.1. The third-order valence-corrected chi connectivity index (χ3v) is 3.40. The Hall–Kier alpha value is -0.710. The summed E-state index contributed by atoms with van der Waals surface area (Å²) in [5, 5.41) is 0. The van der Waals surface area contributed by atoms with Crippen molar-refractivity contribution >= 4 is 30.1 Å². The van der Waals surface area contributed by atoms with Gasteiger partial charge in [0, 0.05) is 30.1 Å². The van der Waals surface area contributed by atoms with E-state index in [1.54, 1.807) is 23.7 Å². The number of carbonyl (C=O) groups is 1. The number of thioether (sulfide) groups is 1. The molecule has 3 nitrogen and oxygen atoms in total. The van der Waals surface area contributed by atoms with Crippen molar-refractivity contribution in [2.24, 2.45) is 5.73 Å². The minimum Gasteiger partial charge on any atom is -0.338 e. The van der Waals surface area contributed by atoms with Crippen molar-refractivity contribution in [2.75, 3.05) is 19.8 Å². The van der Waals surface area contributed by atoms with Gasteiger partial charge < -0.3 is 10.6 Å². The lowest BCUT2D eigenvalue weighted by Crippen LogP contribution is -2.39. The molecule has 1 rings (SSSR count). The van der Waals surface area contributed by atoms with Crippen molar-refractivity contribution in [3.05, 3.63) is 29.8 Å². The molecule has 0 bridgehead atoms. The van der Waals surface area contributed by atoms with Gasteiger partial charge in [-0.15, -0.1) is 24.2 Å². The Balaban J connectivity index is 0.00000256. The Morgan fingerprint density at radius 1 is 1.41 bits per heavy atom. The van der Waals surface area contributed by atoms with Crippen LogP contribution in [0.1, 0.15) is 17.3 Å². The molecule has 0 aliphatic rings. The molecule has 5 heteroatoms. The van der Waals surface area contributed by atoms with Crippen LogP contribution in [-0.4, -0.2) is 36.7 Å². The third-order valence-electron chi connectivity index (χ3n) is 2.66. The van der Waals surface area contributed by atoms with Crippen LogP contribution in [0, 0.1) is 0 Å². The SMILES string of the molecule is CSc1ccc(C(=O)N(C)C(C)CN)cc1.Cl. The summed E-state index contributed by atoms with van der Waals surface area (Å²) >= 11 is 1.66. The highest BCUT2D eigenvalue weighted by Gasteiger charge is 2.15. The summed E-state index contributed by atoms with van der Waals surface area (Å²) in [5.41, 5.74) is 6.25. The first kappa shape index (κ1) is 16.3. The van der Waals surface area contributed by atoms with Crippen molar-refractivity contribution in [1.82, 2.24) is 4.90 Å². The fraction of sp³-hybridized carbons (Fsp3) is 0.417. The van der Waals surface area contributed by atoms with Gasteiger partial charge in [-0.25, -0.2) is 0 Å². The van der Waals surface area contributed by atoms with Crippen LogP contribution in [0.3, 0.4) is 0 Å². The van der Waals surface area contributed by atoms with Crippen LogP contribution < -0.4 is 5.73 Å². The van der Waals surface area contributed by atoms with Crippen molar-refractivity contribution in [1.29, 1.82) is 0 Å². The van der Waals surface area contributed by atoms with E-state index >= 15 is 0 Å². The number of nitrogens with zero attached hydrogens (tertiary/aromatic N) is 1. The number of halogens is 1. The summed E-state index contributed by atoms with van der Waals surface area (Å²) in [4.78, 5) is 14.8. The monoisotopic (exact) mass is 274 g/mol. The summed E-state index contributed by atoms with van der Waals surface area (Å²) in [7, 11) is 1.78. The molecule has 1 atom stereocenters. The quantitative estimate of drug-likeness (QED) is 0.857. The summed E-state index contributed by atoms with van der Waals surface area (Å²) in [6.45, 7) is 2.42. The molecule has 0 radical (unpaired) electrons. The van der Waals surface area contributed by atoms with Crippen LogP contribution in [-0.2, 0) is 0 Å². The minimum absolute atomic E-state index is 0. The van der Waals surface area contributed by atoms with Crippen molar-refractivity contribution in [3.8, 4) is 0 Å². The van der Waals surface area contributed by atoms with Gasteiger partial charge in [0.05, 0.1) is 0 Å². The first-order chi connectivity index (χ1) is 7.60. The molecule has 0 saturated carbocycles. The average Bonchev–Trinajstić information content (AvgIpc) is 2.36. The maximum Gasteiger partial charge on any atom is 0.253 e. The molecule has 0 aromatic heterocycles. The van der Waals surface area contributed by atoms with Crippen molar-refractivity contribution < 1.29 is 4.79 Å². The van der Waals surface area contributed by atoms with Crippen LogP contribution >= 0.6 is 24.2 Å². The number of rotatable bonds is 4. The highest BCUT2D eigenvalue weighted by Crippen LogP contribution is 2.16. The highest BCUT2D eigenvalue weighted by molar-refractivity contribution is 7.98. The molecule has 1 amide bonds. The molecule has 0 fully saturated rings. The zero-order valence-electron chi connectivity index (χ0n) is 10.3. The standard InChI is InChI=1S/C12H18N2OS.ClH/c1-9(8-13)14(2)12(15)10-4-6-11(16-3)7-5-10;/h4-7,9H,8,13H2,1-3H3;1H. The van der Waals surface area contributed by atoms with Gasteiger partial charge in [0.15, 0.2) is 0 Å². The number of nitrogens with two attached hydrogens (primary N) is 1. The Morgan fingerprint density at radius 2 is 1.94 bits per heavy atom. The number of likely N-dealkylation sites (N-methyl/N-ethyl adjacent to an activating group) is 1. The molecule has 0 heterocycles. The lowest BCUT2D eigenvalue weighted by atomic mass is 10.2. The molecule has 0 aliphatic carbocycles. The molecule has 0 aliphatic heterocycles. The Bertz CT molecular complexity index is 356. The van der Waals surface area contributed by atoms with Gasteiger partial charge in [-0.1, -0.05) is 0 Å². The molecule has 17 heavy (non-hydrogen) atoms. The van der Waals surface area contributed by atoms with Crippen LogP contribution in [0.25, 0.3) is 0 Å². The minimum atomic E-state index is 0. The van der Waals surface area contributed by atoms with E-state index in [0.717, 1.165) is 4.90 Å². The summed E-state index contributed by atoms with van der Waals surface area (Å²) in [6.07, 6.45) is 2.01. The van der Waals surface area contributed by atoms with E-state index in [-0.39, 0.29) is 24.4 Å². The molecule has 0 spiro atoms. The fourth-order valence-electron chi connectivity index (χ4n) is 1.30. The number of amides is 1. The fourth-order valence-corrected chi connectivity index (χ4v) is 1.70. The zero-order valence-corrected chi connectivity index (χ0v) is 12.0. The first-order valence-electron chi connectivity index (χ1n) is 5.21. The second-order valence-electron chi connectivity index (χ2n) is 3.73. The number of benzene rings is 1. The van der Waals surface area contributed by atoms with Gasteiger partial charge in [-0.2, -0.15) is 0 Å². The van der Waals surface area contributed by atoms with Crippen molar-refractivity contribution in [3.63, 3.8) is 0 Å². The normalized spacial score (nSPS) is 11.5. The number of hydrogen-bond donors (Lipinski definition) is 1. The van der Waals surface area contributed by atoms with Crippen LogP contribution in [0.4, 0.5) is 0 Å². The molecular formula is C12H19ClN2OS. The van der Waals surface area contributed by atoms with Crippen LogP contribution in [0.2, 0.25) is 0 Å². The van der Waals surface area contributed by atoms with Gasteiger partial charge in [0.25, 0.3) is 5.91 Å². The second kappa shape index (κ2) is 7.58. The molecule has 2 N–H and O–H groups in total. The van der Waals surface area contributed by atoms with Gasteiger partial charge >= 0.3 is 0 Å². The largest absolute Gasteiger partial charge is 0.338 e. The molecule has 1 aromatic carbocycles. The second-order valence-corrected chi connectivity index (χ2v) is 4.61. The van der Waals surface area contributed by atoms with Gasteiger partial charge in [-0.05, 0) is 37.4 Å². The Kier molecular flexibility index (Phi) is 7.27. The van der Waals surface area contributed by atoms with E-state index in [1.165, 1.54) is 0 Å². The lowest BCUT2D eigenvalue weighted by Gasteiger charge is -2.23. The van der Waals surface area contributed by atoms with E-state index in [2.05, 4.69) is 0 Å². The average molecular weight is 275 g/mol. The summed E-state index contributed by atoms with van der Waals surface area (Å²) < 4.78 is 0. The number of carbonyl (C=O) groups excluding carboxylic acids is 1. The maximum absolute atomic E-state index is 12.0. The number of hydrogen-bond acceptors (Lipinski definition) is 3. The smallest absolute Gasteiger partial charge is 0.253 e. The van der Waals surface area contributed by atoms with Gasteiger partial charge in [0.2, 0.25) is 0 Å². The van der Waals surface area contributed by atoms with Gasteiger partial charge in [0.1, 0.15) is 0 Å². The van der Waals surface area contributed by atoms with E-state index < -0.39 is 0 Å². The maximum atomic E-state index is 12.0. The molecule has 1 aromatic rings. The molecular weight excluding hydrogens is 256 g/mol. The molecule has 1 unspecified atom stereocenters.